The molecule has 0 fully saturated rings. The van der Waals surface area contributed by atoms with Crippen LogP contribution in [0.5, 0.6) is 0 Å². The van der Waals surface area contributed by atoms with E-state index in [2.05, 4.69) is 0 Å². The molecule has 13 heteroatoms. The fraction of sp³-hybridized carbons (Fsp3) is 0.611. The van der Waals surface area contributed by atoms with Crippen LogP contribution in [0.1, 0.15) is 43.4 Å². The van der Waals surface area contributed by atoms with Gasteiger partial charge in [-0.1, -0.05) is 31.5 Å². The largest absolute Gasteiger partial charge is 0.408 e. The second-order valence-electron chi connectivity index (χ2n) is 7.10. The number of aryl methyl sites for hydroxylation is 3. The van der Waals surface area contributed by atoms with E-state index in [9.17, 15) is 39.6 Å². The molecule has 0 aliphatic carbocycles. The second kappa shape index (κ2) is 9.63. The Labute approximate surface area is 177 Å². The standard InChI is InChI=1S/C18H25F6N3O3S/c1-6-13(17(19,20)21)27(14(7-2)18(22,23)24)16(28)25-26-31(29,30)15-11(4)8-10(3)9-12(15)5/h8-9,13-14,26H,6-7H2,1-5H3,(H,25,28). The highest BCUT2D eigenvalue weighted by Gasteiger charge is 2.53. The third-order valence-electron chi connectivity index (χ3n) is 4.60. The number of hydrogen-bond acceptors (Lipinski definition) is 3. The topological polar surface area (TPSA) is 78.5 Å². The summed E-state index contributed by atoms with van der Waals surface area (Å²) in [6.07, 6.45) is -12.0. The number of halogens is 6. The highest BCUT2D eigenvalue weighted by atomic mass is 32.2. The maximum atomic E-state index is 13.4. The minimum Gasteiger partial charge on any atom is -0.299 e. The Bertz CT molecular complexity index is 855. The van der Waals surface area contributed by atoms with E-state index in [1.54, 1.807) is 11.8 Å². The SMILES string of the molecule is CCC(N(C(=O)NNS(=O)(=O)c1c(C)cc(C)cc1C)C(CC)C(F)(F)F)C(F)(F)F. The fourth-order valence-corrected chi connectivity index (χ4v) is 4.78. The van der Waals surface area contributed by atoms with E-state index in [0.29, 0.717) is 11.1 Å². The molecule has 2 N–H and O–H groups in total. The van der Waals surface area contributed by atoms with E-state index in [1.807, 2.05) is 0 Å². The summed E-state index contributed by atoms with van der Waals surface area (Å²) in [5.41, 5.74) is 2.84. The minimum absolute atomic E-state index is 0.240. The first-order chi connectivity index (χ1) is 14.0. The Balaban J connectivity index is 3.31. The number of carbonyl (C=O) groups excluding carboxylic acids is 1. The van der Waals surface area contributed by atoms with Crippen LogP contribution in [0, 0.1) is 20.8 Å². The van der Waals surface area contributed by atoms with Gasteiger partial charge in [0.05, 0.1) is 4.90 Å². The Morgan fingerprint density at radius 3 is 1.65 bits per heavy atom. The molecule has 0 heterocycles. The number of carbonyl (C=O) groups is 1. The van der Waals surface area contributed by atoms with Gasteiger partial charge in [-0.05, 0) is 44.7 Å². The summed E-state index contributed by atoms with van der Waals surface area (Å²) in [6, 6.07) is -4.34. The molecule has 31 heavy (non-hydrogen) atoms. The van der Waals surface area contributed by atoms with Crippen molar-refractivity contribution < 1.29 is 39.6 Å². The Hall–Kier alpha value is -2.02. The summed E-state index contributed by atoms with van der Waals surface area (Å²) in [5, 5.41) is 0. The van der Waals surface area contributed by atoms with Crippen LogP contribution in [-0.4, -0.2) is 43.8 Å². The quantitative estimate of drug-likeness (QED) is 0.449. The lowest BCUT2D eigenvalue weighted by atomic mass is 10.1. The number of benzene rings is 1. The maximum absolute atomic E-state index is 13.4. The van der Waals surface area contributed by atoms with Gasteiger partial charge in [0.15, 0.2) is 0 Å². The molecule has 0 saturated heterocycles. The van der Waals surface area contributed by atoms with Crippen LogP contribution in [0.4, 0.5) is 31.1 Å². The third-order valence-corrected chi connectivity index (χ3v) is 6.15. The Morgan fingerprint density at radius 2 is 1.32 bits per heavy atom. The summed E-state index contributed by atoms with van der Waals surface area (Å²) < 4.78 is 105. The molecule has 2 amide bonds. The van der Waals surface area contributed by atoms with Gasteiger partial charge in [0.1, 0.15) is 12.1 Å². The zero-order valence-electron chi connectivity index (χ0n) is 17.6. The lowest BCUT2D eigenvalue weighted by Gasteiger charge is -2.38. The molecule has 0 radical (unpaired) electrons. The van der Waals surface area contributed by atoms with E-state index in [-0.39, 0.29) is 4.90 Å². The highest BCUT2D eigenvalue weighted by molar-refractivity contribution is 7.89. The molecular weight excluding hydrogens is 452 g/mol. The molecule has 6 nitrogen and oxygen atoms in total. The number of rotatable bonds is 7. The minimum atomic E-state index is -5.16. The molecule has 2 unspecified atom stereocenters. The molecule has 178 valence electrons. The average Bonchev–Trinajstić information content (AvgIpc) is 2.56. The van der Waals surface area contributed by atoms with Gasteiger partial charge < -0.3 is 0 Å². The molecule has 1 aromatic carbocycles. The van der Waals surface area contributed by atoms with Crippen molar-refractivity contribution >= 4 is 16.1 Å². The monoisotopic (exact) mass is 477 g/mol. The van der Waals surface area contributed by atoms with Crippen molar-refractivity contribution in [3.63, 3.8) is 0 Å². The molecule has 0 aliphatic rings. The van der Waals surface area contributed by atoms with E-state index in [4.69, 9.17) is 0 Å². The van der Waals surface area contributed by atoms with Crippen LogP contribution in [-0.2, 0) is 10.0 Å². The van der Waals surface area contributed by atoms with Gasteiger partial charge in [-0.3, -0.25) is 10.3 Å². The molecule has 0 bridgehead atoms. The summed E-state index contributed by atoms with van der Waals surface area (Å²) >= 11 is 0. The van der Waals surface area contributed by atoms with E-state index in [1.165, 1.54) is 31.4 Å². The van der Waals surface area contributed by atoms with Crippen molar-refractivity contribution in [1.29, 1.82) is 0 Å². The molecular formula is C18H25F6N3O3S. The molecule has 1 aromatic rings. The lowest BCUT2D eigenvalue weighted by Crippen LogP contribution is -2.62. The summed E-state index contributed by atoms with van der Waals surface area (Å²) in [4.78, 5) is 13.4. The number of sulfonamides is 1. The Morgan fingerprint density at radius 1 is 0.935 bits per heavy atom. The van der Waals surface area contributed by atoms with E-state index in [0.717, 1.165) is 19.4 Å². The van der Waals surface area contributed by atoms with Gasteiger partial charge in [-0.2, -0.15) is 26.3 Å². The lowest BCUT2D eigenvalue weighted by molar-refractivity contribution is -0.222. The molecule has 2 atom stereocenters. The predicted molar refractivity (Wildman–Crippen MR) is 102 cm³/mol. The van der Waals surface area contributed by atoms with Gasteiger partial charge >= 0.3 is 18.4 Å². The number of alkyl halides is 6. The van der Waals surface area contributed by atoms with Gasteiger partial charge in [0.25, 0.3) is 10.0 Å². The van der Waals surface area contributed by atoms with E-state index < -0.39 is 58.2 Å². The second-order valence-corrected chi connectivity index (χ2v) is 8.72. The van der Waals surface area contributed by atoms with Gasteiger partial charge in [-0.15, -0.1) is 4.83 Å². The van der Waals surface area contributed by atoms with Crippen molar-refractivity contribution in [2.75, 3.05) is 0 Å². The zero-order valence-corrected chi connectivity index (χ0v) is 18.4. The number of nitrogens with zero attached hydrogens (tertiary/aromatic N) is 1. The zero-order chi connectivity index (χ0) is 24.4. The predicted octanol–water partition coefficient (Wildman–Crippen LogP) is 4.50. The summed E-state index contributed by atoms with van der Waals surface area (Å²) in [5.74, 6) is 0. The Kier molecular flexibility index (Phi) is 8.40. The van der Waals surface area contributed by atoms with E-state index >= 15 is 0 Å². The van der Waals surface area contributed by atoms with Gasteiger partial charge in [0.2, 0.25) is 0 Å². The third kappa shape index (κ3) is 6.48. The smallest absolute Gasteiger partial charge is 0.299 e. The maximum Gasteiger partial charge on any atom is 0.408 e. The number of amides is 2. The van der Waals surface area contributed by atoms with Crippen molar-refractivity contribution in [2.24, 2.45) is 0 Å². The molecule has 0 spiro atoms. The van der Waals surface area contributed by atoms with Crippen LogP contribution in [0.3, 0.4) is 0 Å². The van der Waals surface area contributed by atoms with Gasteiger partial charge in [0, 0.05) is 0 Å². The molecule has 0 aliphatic heterocycles. The van der Waals surface area contributed by atoms with Crippen molar-refractivity contribution in [1.82, 2.24) is 15.2 Å². The van der Waals surface area contributed by atoms with Crippen LogP contribution >= 0.6 is 0 Å². The molecule has 0 aromatic heterocycles. The number of hydrazine groups is 1. The average molecular weight is 477 g/mol. The normalized spacial score (nSPS) is 14.8. The van der Waals surface area contributed by atoms with Crippen molar-refractivity contribution in [3.05, 3.63) is 28.8 Å². The first-order valence-electron chi connectivity index (χ1n) is 9.28. The molecule has 0 saturated carbocycles. The number of urea groups is 1. The van der Waals surface area contributed by atoms with Crippen LogP contribution in [0.25, 0.3) is 0 Å². The van der Waals surface area contributed by atoms with Crippen LogP contribution < -0.4 is 10.3 Å². The number of nitrogens with one attached hydrogen (secondary N) is 2. The van der Waals surface area contributed by atoms with Crippen LogP contribution in [0.2, 0.25) is 0 Å². The summed E-state index contributed by atoms with van der Waals surface area (Å²) in [6.45, 7) is 6.61. The first kappa shape index (κ1) is 27.0. The van der Waals surface area contributed by atoms with Gasteiger partial charge in [-0.25, -0.2) is 13.2 Å². The first-order valence-corrected chi connectivity index (χ1v) is 10.8. The highest BCUT2D eigenvalue weighted by Crippen LogP contribution is 2.35. The summed E-state index contributed by atoms with van der Waals surface area (Å²) in [7, 11) is -4.47. The molecule has 1 rings (SSSR count). The number of hydrogen-bond donors (Lipinski definition) is 2. The van der Waals surface area contributed by atoms with Crippen molar-refractivity contribution in [3.8, 4) is 0 Å². The van der Waals surface area contributed by atoms with Crippen LogP contribution in [0.15, 0.2) is 17.0 Å². The fourth-order valence-electron chi connectivity index (χ4n) is 3.49. The van der Waals surface area contributed by atoms with Crippen molar-refractivity contribution in [2.45, 2.75) is 76.8 Å².